The maximum Gasteiger partial charge on any atom is 0.243 e. The standard InChI is InChI=1S/C73H104N22O14S/c1-2-18-59(98)89-53(38-46-21-9-4-10-22-46)68(107)93-50(28-16-33-84-72(78)79)65(104)82-35-36-110-44-63(102)86-42-61(100)88-52(37-45-19-7-3-8-20-45)57(96)30-31-60(99)90-56(41-58(74)97)70(109)95-55(40-48-25-13-6-14-26-48)69(108)94-51(29-17-34-85-73(80)81)66(105)87-43-62(101)91-54(39-47-23-11-5-12-24-47)67(106)92-49(64(75)103)27-15-32-83-71(76)77/h3-14,19-26,49-56H,2,15-18,27-44H2,1H3,(H2,74,97)(H2,75,103)(H,82,104)(H,86,102)(H,87,105)(H,88,100)(H,89,98)(H,90,99)(H,91,101)(H,92,106)(H,93,107)(H,94,108)(H,95,109)(H4,76,77,83)(H4,78,79,84)(H4,80,81,85)/t49-,50-,51-,52-,53-,54-,55-,56-/m0/s1. The van der Waals surface area contributed by atoms with Crippen molar-refractivity contribution in [3.05, 3.63) is 144 Å². The molecule has 110 heavy (non-hydrogen) atoms. The van der Waals surface area contributed by atoms with Crippen LogP contribution in [-0.2, 0) is 92.8 Å². The zero-order valence-corrected chi connectivity index (χ0v) is 62.3. The van der Waals surface area contributed by atoms with Crippen molar-refractivity contribution in [3.63, 3.8) is 0 Å². The Balaban J connectivity index is 1.40. The van der Waals surface area contributed by atoms with E-state index in [2.05, 4.69) is 74.4 Å². The van der Waals surface area contributed by atoms with E-state index in [9.17, 15) is 67.1 Å². The second-order valence-corrected chi connectivity index (χ2v) is 26.7. The monoisotopic (exact) mass is 1540 g/mol. The maximum atomic E-state index is 14.5. The van der Waals surface area contributed by atoms with E-state index in [0.29, 0.717) is 29.5 Å². The van der Waals surface area contributed by atoms with Gasteiger partial charge in [-0.05, 0) is 73.6 Å². The van der Waals surface area contributed by atoms with Gasteiger partial charge in [-0.3, -0.25) is 83.4 Å². The number of hydrogen-bond acceptors (Lipinski definition) is 18. The minimum atomic E-state index is -1.73. The van der Waals surface area contributed by atoms with Crippen LogP contribution < -0.4 is 103 Å². The van der Waals surface area contributed by atoms with Crippen molar-refractivity contribution in [1.82, 2.24) is 74.4 Å². The Morgan fingerprint density at radius 3 is 1.11 bits per heavy atom. The lowest BCUT2D eigenvalue weighted by Crippen LogP contribution is -2.58. The normalized spacial score (nSPS) is 12.9. The largest absolute Gasteiger partial charge is 0.370 e. The number of Topliss-reactive ketones (excluding diaryl/α,β-unsaturated/α-hetero) is 1. The van der Waals surface area contributed by atoms with Gasteiger partial charge in [-0.25, -0.2) is 0 Å². The SMILES string of the molecule is CCCC(=O)N[C@@H](Cc1ccccc1)C(=O)N[C@@H](CCCNC(=N)N)C(=O)NCCSCC(=O)NCC(=O)N[C@@H](Cc1ccccc1)C(=O)CCC(=O)N[C@@H](CC(N)=O)C(=O)N[C@@H](Cc1ccccc1)C(=O)N[C@@H](CCCNC(=N)N)C(=O)NCC(=O)N[C@@H](Cc1ccccc1)C(=O)N[C@@H](CCCNC(=N)N)C(N)=O. The molecule has 0 radical (unpaired) electrons. The van der Waals surface area contributed by atoms with Gasteiger partial charge in [0.1, 0.15) is 42.3 Å². The predicted octanol–water partition coefficient (Wildman–Crippen LogP) is -3.78. The van der Waals surface area contributed by atoms with Crippen LogP contribution in [-0.4, -0.2) is 200 Å². The van der Waals surface area contributed by atoms with Gasteiger partial charge in [-0.2, -0.15) is 11.8 Å². The van der Waals surface area contributed by atoms with Gasteiger partial charge in [0.25, 0.3) is 0 Å². The molecule has 0 saturated heterocycles. The molecule has 0 heterocycles. The fourth-order valence-corrected chi connectivity index (χ4v) is 11.6. The van der Waals surface area contributed by atoms with Gasteiger partial charge >= 0.3 is 0 Å². The summed E-state index contributed by atoms with van der Waals surface area (Å²) in [5, 5.41) is 58.9. The first-order valence-corrected chi connectivity index (χ1v) is 37.0. The van der Waals surface area contributed by atoms with Crippen molar-refractivity contribution >= 4 is 112 Å². The highest BCUT2D eigenvalue weighted by Crippen LogP contribution is 2.13. The molecule has 596 valence electrons. The Morgan fingerprint density at radius 2 is 0.691 bits per heavy atom. The topological polar surface area (TPSA) is 609 Å². The van der Waals surface area contributed by atoms with Crippen LogP contribution >= 0.6 is 11.8 Å². The van der Waals surface area contributed by atoms with Crippen molar-refractivity contribution in [3.8, 4) is 0 Å². The van der Waals surface area contributed by atoms with E-state index in [1.165, 1.54) is 0 Å². The molecule has 8 atom stereocenters. The number of hydrogen-bond donors (Lipinski definition) is 22. The molecule has 13 amide bonds. The molecule has 0 bridgehead atoms. The van der Waals surface area contributed by atoms with Gasteiger partial charge in [0.2, 0.25) is 76.8 Å². The molecule has 0 unspecified atom stereocenters. The molecule has 4 aromatic carbocycles. The first-order valence-electron chi connectivity index (χ1n) is 35.9. The van der Waals surface area contributed by atoms with Gasteiger partial charge in [0.05, 0.1) is 31.3 Å². The average molecular weight is 1550 g/mol. The number of nitrogens with one attached hydrogen (secondary N) is 17. The highest BCUT2D eigenvalue weighted by Gasteiger charge is 2.34. The Bertz CT molecular complexity index is 3740. The third-order valence-electron chi connectivity index (χ3n) is 16.5. The molecule has 0 fully saturated rings. The fraction of sp³-hybridized carbons (Fsp3) is 0.438. The molecule has 0 aromatic heterocycles. The Hall–Kier alpha value is -12.2. The highest BCUT2D eigenvalue weighted by atomic mass is 32.2. The molecule has 36 nitrogen and oxygen atoms in total. The summed E-state index contributed by atoms with van der Waals surface area (Å²) in [6.07, 6.45) is -0.545. The smallest absolute Gasteiger partial charge is 0.243 e. The fourth-order valence-electron chi connectivity index (χ4n) is 10.9. The summed E-state index contributed by atoms with van der Waals surface area (Å²) in [5.41, 5.74) is 30.0. The van der Waals surface area contributed by atoms with Gasteiger partial charge in [0.15, 0.2) is 23.7 Å². The van der Waals surface area contributed by atoms with E-state index in [1.54, 1.807) is 103 Å². The molecular formula is C73H104N22O14S. The van der Waals surface area contributed by atoms with E-state index in [1.807, 2.05) is 25.1 Å². The Morgan fingerprint density at radius 1 is 0.345 bits per heavy atom. The summed E-state index contributed by atoms with van der Waals surface area (Å²) in [7, 11) is 0. The van der Waals surface area contributed by atoms with Crippen LogP contribution in [0.15, 0.2) is 121 Å². The van der Waals surface area contributed by atoms with Crippen LogP contribution in [0.1, 0.15) is 99.8 Å². The van der Waals surface area contributed by atoms with E-state index in [4.69, 9.17) is 44.9 Å². The Kier molecular flexibility index (Phi) is 41.3. The maximum absolute atomic E-state index is 14.5. The number of guanidine groups is 3. The number of thioether (sulfide) groups is 1. The number of carbonyl (C=O) groups is 14. The molecular weight excluding hydrogens is 1440 g/mol. The molecule has 0 spiro atoms. The molecule has 0 aliphatic carbocycles. The van der Waals surface area contributed by atoms with Gasteiger partial charge in [0, 0.05) is 70.5 Å². The first kappa shape index (κ1) is 90.2. The predicted molar refractivity (Wildman–Crippen MR) is 412 cm³/mol. The van der Waals surface area contributed by atoms with Crippen molar-refractivity contribution in [2.45, 2.75) is 152 Å². The Labute approximate surface area is 641 Å². The summed E-state index contributed by atoms with van der Waals surface area (Å²) < 4.78 is 0. The number of ketones is 1. The number of benzene rings is 4. The first-order chi connectivity index (χ1) is 52.6. The van der Waals surface area contributed by atoms with Gasteiger partial charge < -0.3 is 103 Å². The molecule has 4 rings (SSSR count). The zero-order chi connectivity index (χ0) is 80.8. The van der Waals surface area contributed by atoms with Crippen LogP contribution in [0.25, 0.3) is 0 Å². The van der Waals surface area contributed by atoms with Crippen molar-refractivity contribution in [2.75, 3.05) is 50.8 Å². The highest BCUT2D eigenvalue weighted by molar-refractivity contribution is 7.99. The molecule has 4 aromatic rings. The van der Waals surface area contributed by atoms with Crippen LogP contribution in [0.4, 0.5) is 0 Å². The van der Waals surface area contributed by atoms with Crippen LogP contribution in [0.3, 0.4) is 0 Å². The number of nitrogens with two attached hydrogens (primary N) is 5. The lowest BCUT2D eigenvalue weighted by Gasteiger charge is -2.26. The van der Waals surface area contributed by atoms with Gasteiger partial charge in [-0.15, -0.1) is 0 Å². The molecule has 0 saturated carbocycles. The minimum Gasteiger partial charge on any atom is -0.370 e. The molecule has 0 aliphatic heterocycles. The second kappa shape index (κ2) is 50.4. The second-order valence-electron chi connectivity index (χ2n) is 25.6. The summed E-state index contributed by atoms with van der Waals surface area (Å²) in [5.74, 6) is -11.7. The van der Waals surface area contributed by atoms with Crippen molar-refractivity contribution in [1.29, 1.82) is 16.2 Å². The average Bonchev–Trinajstić information content (AvgIpc) is 0.812. The minimum absolute atomic E-state index is 0.0427. The third kappa shape index (κ3) is 37.9. The quantitative estimate of drug-likeness (QED) is 0.0115. The van der Waals surface area contributed by atoms with E-state index < -0.39 is 157 Å². The zero-order valence-electron chi connectivity index (χ0n) is 61.4. The lowest BCUT2D eigenvalue weighted by atomic mass is 9.99. The van der Waals surface area contributed by atoms with Crippen molar-refractivity contribution in [2.24, 2.45) is 28.7 Å². The molecule has 27 N–H and O–H groups in total. The van der Waals surface area contributed by atoms with Gasteiger partial charge in [-0.1, -0.05) is 128 Å². The summed E-state index contributed by atoms with van der Waals surface area (Å²) in [6, 6.07) is 24.0. The summed E-state index contributed by atoms with van der Waals surface area (Å²) in [4.78, 5) is 189. The van der Waals surface area contributed by atoms with E-state index in [-0.39, 0.29) is 126 Å². The van der Waals surface area contributed by atoms with E-state index in [0.717, 1.165) is 17.3 Å². The number of amides is 13. The molecule has 37 heteroatoms. The van der Waals surface area contributed by atoms with Crippen LogP contribution in [0, 0.1) is 16.2 Å². The molecule has 0 aliphatic rings. The van der Waals surface area contributed by atoms with E-state index >= 15 is 0 Å². The summed E-state index contributed by atoms with van der Waals surface area (Å²) >= 11 is 1.12. The third-order valence-corrected chi connectivity index (χ3v) is 17.4. The van der Waals surface area contributed by atoms with Crippen LogP contribution in [0.5, 0.6) is 0 Å². The number of carbonyl (C=O) groups excluding carboxylic acids is 14. The van der Waals surface area contributed by atoms with Crippen molar-refractivity contribution < 1.29 is 67.1 Å². The number of rotatable bonds is 52. The summed E-state index contributed by atoms with van der Waals surface area (Å²) in [6.45, 7) is 1.07. The lowest BCUT2D eigenvalue weighted by molar-refractivity contribution is -0.135. The van der Waals surface area contributed by atoms with Crippen LogP contribution in [0.2, 0.25) is 0 Å². The number of primary amides is 2.